The molecule has 2 aromatic rings. The molecule has 27 heavy (non-hydrogen) atoms. The monoisotopic (exact) mass is 386 g/mol. The largest absolute Gasteiger partial charge is 0.332 e. The number of hydrogen-bond acceptors (Lipinski definition) is 6. The highest BCUT2D eigenvalue weighted by Crippen LogP contribution is 2.29. The number of sulfone groups is 1. The van der Waals surface area contributed by atoms with Crippen LogP contribution in [-0.2, 0) is 16.4 Å². The van der Waals surface area contributed by atoms with Gasteiger partial charge in [-0.1, -0.05) is 6.07 Å². The predicted molar refractivity (Wildman–Crippen MR) is 101 cm³/mol. The Balaban J connectivity index is 1.60. The van der Waals surface area contributed by atoms with Gasteiger partial charge in [0.1, 0.15) is 0 Å². The molecule has 0 saturated carbocycles. The highest BCUT2D eigenvalue weighted by atomic mass is 32.2. The molecule has 142 valence electrons. The first-order chi connectivity index (χ1) is 12.9. The minimum absolute atomic E-state index is 0.0153. The maximum atomic E-state index is 13.1. The molecular weight excluding hydrogens is 364 g/mol. The van der Waals surface area contributed by atoms with E-state index in [2.05, 4.69) is 14.9 Å². The Bertz CT molecular complexity index is 948. The summed E-state index contributed by atoms with van der Waals surface area (Å²) in [5.74, 6) is -0.0351. The highest BCUT2D eigenvalue weighted by Gasteiger charge is 2.48. The van der Waals surface area contributed by atoms with E-state index in [9.17, 15) is 13.2 Å². The Kier molecular flexibility index (Phi) is 4.69. The van der Waals surface area contributed by atoms with Gasteiger partial charge in [0, 0.05) is 44.3 Å². The predicted octanol–water partition coefficient (Wildman–Crippen LogP) is 0.909. The van der Waals surface area contributed by atoms with E-state index >= 15 is 0 Å². The fraction of sp³-hybridized carbons (Fsp3) is 0.421. The average molecular weight is 386 g/mol. The Morgan fingerprint density at radius 1 is 1.15 bits per heavy atom. The number of aryl methyl sites for hydroxylation is 1. The third-order valence-electron chi connectivity index (χ3n) is 5.41. The van der Waals surface area contributed by atoms with Crippen molar-refractivity contribution in [2.24, 2.45) is 0 Å². The molecular formula is C19H22N4O3S. The lowest BCUT2D eigenvalue weighted by atomic mass is 10.0. The maximum Gasteiger partial charge on any atom is 0.256 e. The fourth-order valence-electron chi connectivity index (χ4n) is 4.02. The molecule has 2 aliphatic rings. The van der Waals surface area contributed by atoms with Crippen LogP contribution in [0.5, 0.6) is 0 Å². The third-order valence-corrected chi connectivity index (χ3v) is 7.11. The number of fused-ring (bicyclic) bond motifs is 1. The topological polar surface area (TPSA) is 83.5 Å². The average Bonchev–Trinajstić information content (AvgIpc) is 2.98. The van der Waals surface area contributed by atoms with Gasteiger partial charge < -0.3 is 4.90 Å². The molecule has 4 rings (SSSR count). The molecule has 8 heteroatoms. The summed E-state index contributed by atoms with van der Waals surface area (Å²) >= 11 is 0. The van der Waals surface area contributed by atoms with Gasteiger partial charge >= 0.3 is 0 Å². The minimum Gasteiger partial charge on any atom is -0.332 e. The van der Waals surface area contributed by atoms with Crippen molar-refractivity contribution in [3.05, 3.63) is 59.7 Å². The molecule has 0 spiro atoms. The van der Waals surface area contributed by atoms with Crippen molar-refractivity contribution >= 4 is 15.7 Å². The third kappa shape index (κ3) is 3.59. The van der Waals surface area contributed by atoms with Gasteiger partial charge in [-0.25, -0.2) is 8.42 Å². The lowest BCUT2D eigenvalue weighted by Crippen LogP contribution is -2.60. The minimum atomic E-state index is -3.18. The Morgan fingerprint density at radius 2 is 1.96 bits per heavy atom. The van der Waals surface area contributed by atoms with Crippen molar-refractivity contribution in [1.29, 1.82) is 0 Å². The second-order valence-electron chi connectivity index (χ2n) is 7.19. The van der Waals surface area contributed by atoms with Crippen molar-refractivity contribution in [1.82, 2.24) is 19.8 Å². The number of aromatic nitrogens is 2. The summed E-state index contributed by atoms with van der Waals surface area (Å²) in [7, 11) is -3.18. The second-order valence-corrected chi connectivity index (χ2v) is 9.35. The molecule has 2 aliphatic heterocycles. The van der Waals surface area contributed by atoms with Crippen LogP contribution in [0, 0.1) is 6.92 Å². The zero-order valence-electron chi connectivity index (χ0n) is 15.2. The number of carbonyl (C=O) groups excluding carboxylic acids is 1. The van der Waals surface area contributed by atoms with Crippen molar-refractivity contribution < 1.29 is 13.2 Å². The molecule has 2 fully saturated rings. The molecule has 7 nitrogen and oxygen atoms in total. The molecule has 0 bridgehead atoms. The SMILES string of the molecule is Cc1ccncc1C(=O)N1CCN(Cc2ccccn2)C2CS(=O)(=O)CC21. The van der Waals surface area contributed by atoms with Gasteiger partial charge in [0.2, 0.25) is 0 Å². The molecule has 2 saturated heterocycles. The molecule has 4 heterocycles. The quantitative estimate of drug-likeness (QED) is 0.780. The van der Waals surface area contributed by atoms with E-state index in [0.29, 0.717) is 25.2 Å². The second kappa shape index (κ2) is 7.01. The van der Waals surface area contributed by atoms with Gasteiger partial charge in [-0.15, -0.1) is 0 Å². The van der Waals surface area contributed by atoms with E-state index in [1.807, 2.05) is 25.1 Å². The van der Waals surface area contributed by atoms with Crippen LogP contribution in [0.15, 0.2) is 42.9 Å². The number of rotatable bonds is 3. The Morgan fingerprint density at radius 3 is 2.70 bits per heavy atom. The molecule has 0 N–H and O–H groups in total. The number of amides is 1. The van der Waals surface area contributed by atoms with Crippen LogP contribution >= 0.6 is 0 Å². The van der Waals surface area contributed by atoms with E-state index in [0.717, 1.165) is 11.3 Å². The van der Waals surface area contributed by atoms with Crippen LogP contribution in [0.1, 0.15) is 21.6 Å². The van der Waals surface area contributed by atoms with Crippen molar-refractivity contribution in [2.45, 2.75) is 25.6 Å². The molecule has 0 aromatic carbocycles. The van der Waals surface area contributed by atoms with E-state index < -0.39 is 9.84 Å². The maximum absolute atomic E-state index is 13.1. The summed E-state index contributed by atoms with van der Waals surface area (Å²) in [5.41, 5.74) is 2.30. The number of carbonyl (C=O) groups is 1. The summed E-state index contributed by atoms with van der Waals surface area (Å²) < 4.78 is 24.7. The number of pyridine rings is 2. The van der Waals surface area contributed by atoms with Crippen molar-refractivity contribution in [3.8, 4) is 0 Å². The summed E-state index contributed by atoms with van der Waals surface area (Å²) in [4.78, 5) is 25.4. The smallest absolute Gasteiger partial charge is 0.256 e. The van der Waals surface area contributed by atoms with Crippen molar-refractivity contribution in [2.75, 3.05) is 24.6 Å². The van der Waals surface area contributed by atoms with Crippen molar-refractivity contribution in [3.63, 3.8) is 0 Å². The first kappa shape index (κ1) is 18.1. The summed E-state index contributed by atoms with van der Waals surface area (Å²) in [5, 5.41) is 0. The van der Waals surface area contributed by atoms with Gasteiger partial charge in [-0.3, -0.25) is 19.7 Å². The van der Waals surface area contributed by atoms with Crippen LogP contribution < -0.4 is 0 Å². The first-order valence-electron chi connectivity index (χ1n) is 9.00. The Labute approximate surface area is 159 Å². The van der Waals surface area contributed by atoms with E-state index in [1.165, 1.54) is 0 Å². The molecule has 2 aromatic heterocycles. The highest BCUT2D eigenvalue weighted by molar-refractivity contribution is 7.91. The molecule has 2 unspecified atom stereocenters. The van der Waals surface area contributed by atoms with Gasteiger partial charge in [0.15, 0.2) is 9.84 Å². The standard InChI is InChI=1S/C19H22N4O3S/c1-14-5-7-20-10-16(14)19(24)23-9-8-22(11-15-4-2-3-6-21-15)17-12-27(25,26)13-18(17)23/h2-7,10,17-18H,8-9,11-13H2,1H3. The van der Waals surface area contributed by atoms with E-state index in [-0.39, 0.29) is 29.5 Å². The first-order valence-corrected chi connectivity index (χ1v) is 10.8. The summed E-state index contributed by atoms with van der Waals surface area (Å²) in [6, 6.07) is 6.99. The number of piperazine rings is 1. The zero-order chi connectivity index (χ0) is 19.0. The molecule has 0 radical (unpaired) electrons. The molecule has 2 atom stereocenters. The van der Waals surface area contributed by atoms with Crippen LogP contribution in [-0.4, -0.2) is 70.8 Å². The van der Waals surface area contributed by atoms with Crippen LogP contribution in [0.2, 0.25) is 0 Å². The summed E-state index contributed by atoms with van der Waals surface area (Å²) in [6.45, 7) is 3.58. The van der Waals surface area contributed by atoms with Gasteiger partial charge in [-0.2, -0.15) is 0 Å². The van der Waals surface area contributed by atoms with Gasteiger partial charge in [0.25, 0.3) is 5.91 Å². The van der Waals surface area contributed by atoms with E-state index in [4.69, 9.17) is 0 Å². The normalized spacial score (nSPS) is 24.6. The lowest BCUT2D eigenvalue weighted by molar-refractivity contribution is 0.0301. The van der Waals surface area contributed by atoms with Crippen LogP contribution in [0.3, 0.4) is 0 Å². The summed E-state index contributed by atoms with van der Waals surface area (Å²) in [6.07, 6.45) is 4.96. The number of nitrogens with zero attached hydrogens (tertiary/aromatic N) is 4. The number of hydrogen-bond donors (Lipinski definition) is 0. The van der Waals surface area contributed by atoms with E-state index in [1.54, 1.807) is 29.6 Å². The Hall–Kier alpha value is -2.32. The zero-order valence-corrected chi connectivity index (χ0v) is 16.0. The van der Waals surface area contributed by atoms with Gasteiger partial charge in [-0.05, 0) is 30.7 Å². The van der Waals surface area contributed by atoms with Crippen LogP contribution in [0.25, 0.3) is 0 Å². The molecule has 1 amide bonds. The van der Waals surface area contributed by atoms with Gasteiger partial charge in [0.05, 0.1) is 28.8 Å². The fourth-order valence-corrected chi connectivity index (χ4v) is 6.03. The lowest BCUT2D eigenvalue weighted by Gasteiger charge is -2.43. The molecule has 0 aliphatic carbocycles. The van der Waals surface area contributed by atoms with Crippen LogP contribution in [0.4, 0.5) is 0 Å².